The summed E-state index contributed by atoms with van der Waals surface area (Å²) < 4.78 is 0.610. The molecule has 1 fully saturated rings. The van der Waals surface area contributed by atoms with E-state index in [0.29, 0.717) is 10.9 Å². The second-order valence-electron chi connectivity index (χ2n) is 6.39. The average molecular weight is 384 g/mol. The summed E-state index contributed by atoms with van der Waals surface area (Å²) in [6.45, 7) is 3.74. The van der Waals surface area contributed by atoms with Crippen LogP contribution in [0.5, 0.6) is 0 Å². The number of rotatable bonds is 5. The third kappa shape index (κ3) is 3.55. The van der Waals surface area contributed by atoms with Gasteiger partial charge in [0.15, 0.2) is 0 Å². The molecule has 0 aliphatic heterocycles. The van der Waals surface area contributed by atoms with Gasteiger partial charge in [0, 0.05) is 16.8 Å². The summed E-state index contributed by atoms with van der Waals surface area (Å²) in [4.78, 5) is 34.5. The highest BCUT2D eigenvalue weighted by molar-refractivity contribution is 9.10. The Hall–Kier alpha value is -1.89. The van der Waals surface area contributed by atoms with Gasteiger partial charge < -0.3 is 15.5 Å². The van der Waals surface area contributed by atoms with Crippen LogP contribution in [-0.4, -0.2) is 28.1 Å². The van der Waals surface area contributed by atoms with Crippen LogP contribution in [0.3, 0.4) is 0 Å². The fraction of sp³-hybridized carbons (Fsp3) is 0.438. The number of hydrogen-bond donors (Lipinski definition) is 3. The van der Waals surface area contributed by atoms with Crippen molar-refractivity contribution >= 4 is 39.5 Å². The van der Waals surface area contributed by atoms with Crippen molar-refractivity contribution in [3.8, 4) is 0 Å². The lowest BCUT2D eigenvalue weighted by Crippen LogP contribution is -2.51. The number of anilines is 1. The number of nitrogens with one attached hydrogen (secondary N) is 1. The van der Waals surface area contributed by atoms with Gasteiger partial charge in [-0.25, -0.2) is 4.79 Å². The van der Waals surface area contributed by atoms with Crippen molar-refractivity contribution in [1.82, 2.24) is 0 Å². The van der Waals surface area contributed by atoms with Crippen LogP contribution in [0.1, 0.15) is 37.0 Å². The van der Waals surface area contributed by atoms with E-state index in [1.165, 1.54) is 12.1 Å². The van der Waals surface area contributed by atoms with Crippen molar-refractivity contribution in [2.24, 2.45) is 17.3 Å². The molecule has 1 aromatic carbocycles. The lowest BCUT2D eigenvalue weighted by Gasteiger charge is -2.50. The van der Waals surface area contributed by atoms with Crippen LogP contribution in [0.2, 0.25) is 0 Å². The maximum atomic E-state index is 12.4. The summed E-state index contributed by atoms with van der Waals surface area (Å²) in [7, 11) is 0. The first-order valence-electron chi connectivity index (χ1n) is 7.18. The fourth-order valence-electron chi connectivity index (χ4n) is 3.04. The molecule has 0 spiro atoms. The van der Waals surface area contributed by atoms with E-state index in [4.69, 9.17) is 5.11 Å². The van der Waals surface area contributed by atoms with E-state index in [9.17, 15) is 19.5 Å². The van der Waals surface area contributed by atoms with Gasteiger partial charge in [0.25, 0.3) is 0 Å². The van der Waals surface area contributed by atoms with E-state index >= 15 is 0 Å². The van der Waals surface area contributed by atoms with Crippen molar-refractivity contribution in [3.63, 3.8) is 0 Å². The van der Waals surface area contributed by atoms with Gasteiger partial charge in [-0.2, -0.15) is 0 Å². The van der Waals surface area contributed by atoms with Gasteiger partial charge in [-0.1, -0.05) is 29.8 Å². The molecule has 1 aliphatic carbocycles. The van der Waals surface area contributed by atoms with Crippen molar-refractivity contribution in [1.29, 1.82) is 0 Å². The fourth-order valence-corrected chi connectivity index (χ4v) is 3.40. The smallest absolute Gasteiger partial charge is 0.337 e. The number of amides is 1. The van der Waals surface area contributed by atoms with Gasteiger partial charge in [-0.05, 0) is 36.0 Å². The first-order valence-corrected chi connectivity index (χ1v) is 7.97. The Balaban J connectivity index is 2.12. The molecular weight excluding hydrogens is 366 g/mol. The Kier molecular flexibility index (Phi) is 4.79. The maximum Gasteiger partial charge on any atom is 0.337 e. The van der Waals surface area contributed by atoms with Gasteiger partial charge in [0.05, 0.1) is 11.3 Å². The van der Waals surface area contributed by atoms with Gasteiger partial charge in [0.2, 0.25) is 5.91 Å². The zero-order valence-corrected chi connectivity index (χ0v) is 14.4. The Bertz CT molecular complexity index is 670. The minimum absolute atomic E-state index is 0.00643. The maximum absolute atomic E-state index is 12.4. The number of aliphatic carboxylic acids is 1. The molecule has 124 valence electrons. The van der Waals surface area contributed by atoms with Crippen molar-refractivity contribution in [3.05, 3.63) is 28.2 Å². The van der Waals surface area contributed by atoms with Crippen LogP contribution >= 0.6 is 15.9 Å². The standard InChI is InChI=1S/C16H18BrNO5/c1-16(2)8(6-13(19)20)5-11(16)14(21)18-12-4-3-9(17)7-10(12)15(22)23/h3-4,7-8,11H,5-6H2,1-2H3,(H,18,21)(H,19,20)(H,22,23). The second-order valence-corrected chi connectivity index (χ2v) is 7.30. The molecule has 6 nitrogen and oxygen atoms in total. The summed E-state index contributed by atoms with van der Waals surface area (Å²) in [6.07, 6.45) is 0.527. The SMILES string of the molecule is CC1(C)C(CC(=O)O)CC1C(=O)Nc1ccc(Br)cc1C(=O)O. The van der Waals surface area contributed by atoms with Crippen LogP contribution in [0.25, 0.3) is 0 Å². The molecule has 2 unspecified atom stereocenters. The molecule has 1 aliphatic rings. The summed E-state index contributed by atoms with van der Waals surface area (Å²) >= 11 is 3.20. The minimum Gasteiger partial charge on any atom is -0.481 e. The minimum atomic E-state index is -1.13. The molecule has 0 heterocycles. The molecule has 0 aromatic heterocycles. The van der Waals surface area contributed by atoms with Gasteiger partial charge >= 0.3 is 11.9 Å². The summed E-state index contributed by atoms with van der Waals surface area (Å²) in [5.74, 6) is -2.67. The number of aromatic carboxylic acids is 1. The largest absolute Gasteiger partial charge is 0.481 e. The molecule has 1 saturated carbocycles. The van der Waals surface area contributed by atoms with Crippen LogP contribution in [-0.2, 0) is 9.59 Å². The van der Waals surface area contributed by atoms with E-state index in [2.05, 4.69) is 21.2 Å². The Morgan fingerprint density at radius 2 is 1.96 bits per heavy atom. The Morgan fingerprint density at radius 3 is 2.48 bits per heavy atom. The molecular formula is C16H18BrNO5. The topological polar surface area (TPSA) is 104 Å². The lowest BCUT2D eigenvalue weighted by molar-refractivity contribution is -0.148. The summed E-state index contributed by atoms with van der Waals surface area (Å²) in [5, 5.41) is 20.8. The highest BCUT2D eigenvalue weighted by atomic mass is 79.9. The predicted molar refractivity (Wildman–Crippen MR) is 87.4 cm³/mol. The zero-order chi connectivity index (χ0) is 17.4. The van der Waals surface area contributed by atoms with Gasteiger partial charge in [0.1, 0.15) is 0 Å². The van der Waals surface area contributed by atoms with Crippen LogP contribution in [0.15, 0.2) is 22.7 Å². The first kappa shape index (κ1) is 17.5. The van der Waals surface area contributed by atoms with Crippen LogP contribution in [0, 0.1) is 17.3 Å². The molecule has 23 heavy (non-hydrogen) atoms. The van der Waals surface area contributed by atoms with Crippen molar-refractivity contribution in [2.75, 3.05) is 5.32 Å². The third-order valence-electron chi connectivity index (χ3n) is 4.68. The van der Waals surface area contributed by atoms with Crippen molar-refractivity contribution in [2.45, 2.75) is 26.7 Å². The Morgan fingerprint density at radius 1 is 1.30 bits per heavy atom. The molecule has 0 bridgehead atoms. The number of benzene rings is 1. The highest BCUT2D eigenvalue weighted by Crippen LogP contribution is 2.53. The van der Waals surface area contributed by atoms with E-state index < -0.39 is 17.4 Å². The molecule has 0 radical (unpaired) electrons. The molecule has 0 saturated heterocycles. The van der Waals surface area contributed by atoms with E-state index in [1.54, 1.807) is 6.07 Å². The Labute approximate surface area is 142 Å². The highest BCUT2D eigenvalue weighted by Gasteiger charge is 2.52. The van der Waals surface area contributed by atoms with E-state index in [1.807, 2.05) is 13.8 Å². The second kappa shape index (κ2) is 6.31. The van der Waals surface area contributed by atoms with Crippen LogP contribution in [0.4, 0.5) is 5.69 Å². The number of carboxylic acids is 2. The number of carbonyl (C=O) groups excluding carboxylic acids is 1. The zero-order valence-electron chi connectivity index (χ0n) is 12.8. The monoisotopic (exact) mass is 383 g/mol. The van der Waals surface area contributed by atoms with E-state index in [-0.39, 0.29) is 35.4 Å². The number of halogens is 1. The molecule has 1 aromatic rings. The molecule has 7 heteroatoms. The summed E-state index contributed by atoms with van der Waals surface area (Å²) in [5.41, 5.74) is -0.184. The first-order chi connectivity index (χ1) is 10.6. The summed E-state index contributed by atoms with van der Waals surface area (Å²) in [6, 6.07) is 4.62. The third-order valence-corrected chi connectivity index (χ3v) is 5.17. The number of hydrogen-bond acceptors (Lipinski definition) is 3. The van der Waals surface area contributed by atoms with Gasteiger partial charge in [-0.15, -0.1) is 0 Å². The van der Waals surface area contributed by atoms with E-state index in [0.717, 1.165) is 0 Å². The van der Waals surface area contributed by atoms with Gasteiger partial charge in [-0.3, -0.25) is 9.59 Å². The average Bonchev–Trinajstić information content (AvgIpc) is 2.44. The predicted octanol–water partition coefficient (Wildman–Crippen LogP) is 3.22. The number of carboxylic acid groups (broad SMARTS) is 2. The normalized spacial score (nSPS) is 22.0. The van der Waals surface area contributed by atoms with Crippen molar-refractivity contribution < 1.29 is 24.6 Å². The number of carbonyl (C=O) groups is 3. The quantitative estimate of drug-likeness (QED) is 0.723. The molecule has 2 atom stereocenters. The molecule has 3 N–H and O–H groups in total. The van der Waals surface area contributed by atoms with Crippen LogP contribution < -0.4 is 5.32 Å². The molecule has 1 amide bonds. The lowest BCUT2D eigenvalue weighted by atomic mass is 9.53. The molecule has 2 rings (SSSR count).